The average Bonchev–Trinajstić information content (AvgIpc) is 3.36. The van der Waals surface area contributed by atoms with Crippen molar-refractivity contribution in [3.8, 4) is 22.9 Å². The summed E-state index contributed by atoms with van der Waals surface area (Å²) in [6.07, 6.45) is 6.16. The number of thiazole rings is 1. The zero-order valence-corrected chi connectivity index (χ0v) is 19.2. The smallest absolute Gasteiger partial charge is 0.291 e. The first-order chi connectivity index (χ1) is 15.7. The van der Waals surface area contributed by atoms with Crippen LogP contribution in [0.2, 0.25) is 0 Å². The molecule has 0 fully saturated rings. The number of ether oxygens (including phenoxy) is 2. The monoisotopic (exact) mass is 449 g/mol. The zero-order valence-electron chi connectivity index (χ0n) is 18.4. The van der Waals surface area contributed by atoms with E-state index >= 15 is 0 Å². The normalized spacial score (nSPS) is 11.9. The standard InChI is InChI=1S/C25H27N3O3S/c1-3-5-8-16-30-20-13-11-18(12-14-20)23-26-25-28(27-23)24(29)22(32-25)17-19-9-6-7-10-21(19)31-15-4-2/h6-7,9-14,17H,3-5,8,15-16H2,1-2H3/b22-17+. The van der Waals surface area contributed by atoms with Gasteiger partial charge in [0.25, 0.3) is 5.56 Å². The van der Waals surface area contributed by atoms with E-state index in [-0.39, 0.29) is 5.56 Å². The summed E-state index contributed by atoms with van der Waals surface area (Å²) in [7, 11) is 0. The molecule has 0 unspecified atom stereocenters. The topological polar surface area (TPSA) is 65.7 Å². The SMILES string of the molecule is CCCCCOc1ccc(-c2nc3s/c(=C/c4ccccc4OCCC)c(=O)n3n2)cc1. The van der Waals surface area contributed by atoms with Crippen molar-refractivity contribution in [1.29, 1.82) is 0 Å². The quantitative estimate of drug-likeness (QED) is 0.328. The highest BCUT2D eigenvalue weighted by Crippen LogP contribution is 2.22. The maximum absolute atomic E-state index is 12.9. The fourth-order valence-corrected chi connectivity index (χ4v) is 4.18. The van der Waals surface area contributed by atoms with Crippen molar-refractivity contribution in [3.63, 3.8) is 0 Å². The lowest BCUT2D eigenvalue weighted by molar-refractivity contribution is 0.306. The number of rotatable bonds is 10. The molecule has 6 nitrogen and oxygen atoms in total. The molecule has 0 saturated carbocycles. The van der Waals surface area contributed by atoms with Gasteiger partial charge in [0.2, 0.25) is 4.96 Å². The number of hydrogen-bond acceptors (Lipinski definition) is 6. The molecule has 0 radical (unpaired) electrons. The van der Waals surface area contributed by atoms with Gasteiger partial charge in [0.1, 0.15) is 11.5 Å². The Balaban J connectivity index is 1.56. The van der Waals surface area contributed by atoms with Gasteiger partial charge in [-0.3, -0.25) is 4.79 Å². The van der Waals surface area contributed by atoms with E-state index in [1.807, 2.05) is 54.6 Å². The summed E-state index contributed by atoms with van der Waals surface area (Å²) in [6.45, 7) is 5.59. The number of benzene rings is 2. The van der Waals surface area contributed by atoms with Crippen molar-refractivity contribution >= 4 is 22.4 Å². The first kappa shape index (κ1) is 22.0. The van der Waals surface area contributed by atoms with Crippen molar-refractivity contribution in [2.75, 3.05) is 13.2 Å². The van der Waals surface area contributed by atoms with Crippen molar-refractivity contribution < 1.29 is 9.47 Å². The van der Waals surface area contributed by atoms with Crippen LogP contribution in [-0.4, -0.2) is 27.8 Å². The van der Waals surface area contributed by atoms with Crippen molar-refractivity contribution in [2.45, 2.75) is 39.5 Å². The van der Waals surface area contributed by atoms with E-state index in [9.17, 15) is 4.79 Å². The lowest BCUT2D eigenvalue weighted by Gasteiger charge is -2.07. The minimum absolute atomic E-state index is 0.176. The Labute approximate surface area is 191 Å². The zero-order chi connectivity index (χ0) is 22.3. The number of aromatic nitrogens is 3. The Morgan fingerprint density at radius 3 is 2.53 bits per heavy atom. The van der Waals surface area contributed by atoms with E-state index in [1.165, 1.54) is 28.7 Å². The summed E-state index contributed by atoms with van der Waals surface area (Å²) in [5, 5.41) is 4.44. The van der Waals surface area contributed by atoms with Gasteiger partial charge >= 0.3 is 0 Å². The molecule has 2 aromatic heterocycles. The van der Waals surface area contributed by atoms with E-state index in [0.29, 0.717) is 21.9 Å². The van der Waals surface area contributed by atoms with Crippen LogP contribution in [0.15, 0.2) is 53.3 Å². The van der Waals surface area contributed by atoms with E-state index in [0.717, 1.165) is 42.1 Å². The van der Waals surface area contributed by atoms with Gasteiger partial charge in [-0.1, -0.05) is 56.2 Å². The molecule has 0 spiro atoms. The first-order valence-electron chi connectivity index (χ1n) is 11.1. The number of unbranched alkanes of at least 4 members (excludes halogenated alkanes) is 2. The number of hydrogen-bond donors (Lipinski definition) is 0. The summed E-state index contributed by atoms with van der Waals surface area (Å²) in [5.74, 6) is 2.13. The van der Waals surface area contributed by atoms with E-state index in [4.69, 9.17) is 9.47 Å². The molecule has 0 saturated heterocycles. The van der Waals surface area contributed by atoms with Crippen LogP contribution in [0.4, 0.5) is 0 Å². The Bertz CT molecular complexity index is 1280. The molecule has 166 valence electrons. The lowest BCUT2D eigenvalue weighted by Crippen LogP contribution is -2.23. The van der Waals surface area contributed by atoms with Crippen LogP contribution in [0.3, 0.4) is 0 Å². The van der Waals surface area contributed by atoms with Gasteiger partial charge in [0.05, 0.1) is 17.7 Å². The van der Waals surface area contributed by atoms with E-state index < -0.39 is 0 Å². The van der Waals surface area contributed by atoms with Crippen LogP contribution < -0.4 is 19.6 Å². The van der Waals surface area contributed by atoms with Gasteiger partial charge in [-0.05, 0) is 49.2 Å². The first-order valence-corrected chi connectivity index (χ1v) is 11.9. The molecule has 0 aliphatic rings. The molecule has 2 aromatic carbocycles. The van der Waals surface area contributed by atoms with Gasteiger partial charge in [0.15, 0.2) is 5.82 Å². The summed E-state index contributed by atoms with van der Waals surface area (Å²) >= 11 is 1.33. The fourth-order valence-electron chi connectivity index (χ4n) is 3.28. The summed E-state index contributed by atoms with van der Waals surface area (Å²) in [6, 6.07) is 15.4. The third kappa shape index (κ3) is 4.99. The van der Waals surface area contributed by atoms with Crippen molar-refractivity contribution in [1.82, 2.24) is 14.6 Å². The van der Waals surface area contributed by atoms with Gasteiger partial charge in [-0.2, -0.15) is 9.50 Å². The van der Waals surface area contributed by atoms with E-state index in [2.05, 4.69) is 23.9 Å². The van der Waals surface area contributed by atoms with Crippen LogP contribution in [0, 0.1) is 0 Å². The summed E-state index contributed by atoms with van der Waals surface area (Å²) in [5.41, 5.74) is 1.55. The Kier molecular flexibility index (Phi) is 7.17. The molecule has 0 amide bonds. The van der Waals surface area contributed by atoms with Gasteiger partial charge in [-0.15, -0.1) is 5.10 Å². The molecule has 0 aliphatic heterocycles. The average molecular weight is 450 g/mol. The van der Waals surface area contributed by atoms with Crippen LogP contribution in [-0.2, 0) is 0 Å². The highest BCUT2D eigenvalue weighted by molar-refractivity contribution is 7.15. The molecular weight excluding hydrogens is 422 g/mol. The second-order valence-corrected chi connectivity index (χ2v) is 8.52. The van der Waals surface area contributed by atoms with Crippen molar-refractivity contribution in [2.24, 2.45) is 0 Å². The molecule has 7 heteroatoms. The molecule has 0 atom stereocenters. The molecular formula is C25H27N3O3S. The van der Waals surface area contributed by atoms with Gasteiger partial charge in [-0.25, -0.2) is 0 Å². The van der Waals surface area contributed by atoms with Crippen LogP contribution in [0.1, 0.15) is 45.1 Å². The van der Waals surface area contributed by atoms with Crippen LogP contribution in [0.5, 0.6) is 11.5 Å². The predicted molar refractivity (Wildman–Crippen MR) is 129 cm³/mol. The predicted octanol–water partition coefficient (Wildman–Crippen LogP) is 4.72. The molecule has 4 aromatic rings. The third-order valence-electron chi connectivity index (χ3n) is 4.98. The van der Waals surface area contributed by atoms with Gasteiger partial charge in [0, 0.05) is 11.1 Å². The maximum atomic E-state index is 12.9. The second-order valence-electron chi connectivity index (χ2n) is 7.51. The third-order valence-corrected chi connectivity index (χ3v) is 5.94. The Hall–Kier alpha value is -3.19. The Morgan fingerprint density at radius 1 is 0.969 bits per heavy atom. The number of fused-ring (bicyclic) bond motifs is 1. The highest BCUT2D eigenvalue weighted by Gasteiger charge is 2.12. The summed E-state index contributed by atoms with van der Waals surface area (Å²) < 4.78 is 13.5. The highest BCUT2D eigenvalue weighted by atomic mass is 32.1. The van der Waals surface area contributed by atoms with Crippen molar-refractivity contribution in [3.05, 3.63) is 69.0 Å². The number of para-hydroxylation sites is 1. The molecule has 0 N–H and O–H groups in total. The molecule has 2 heterocycles. The van der Waals surface area contributed by atoms with Crippen LogP contribution in [0.25, 0.3) is 22.4 Å². The molecule has 0 aliphatic carbocycles. The van der Waals surface area contributed by atoms with E-state index in [1.54, 1.807) is 0 Å². The second kappa shape index (κ2) is 10.4. The fraction of sp³-hybridized carbons (Fsp3) is 0.320. The summed E-state index contributed by atoms with van der Waals surface area (Å²) in [4.78, 5) is 18.1. The molecule has 4 rings (SSSR count). The molecule has 32 heavy (non-hydrogen) atoms. The minimum Gasteiger partial charge on any atom is -0.494 e. The Morgan fingerprint density at radius 2 is 1.78 bits per heavy atom. The van der Waals surface area contributed by atoms with Crippen LogP contribution >= 0.6 is 11.3 Å². The lowest BCUT2D eigenvalue weighted by atomic mass is 10.2. The largest absolute Gasteiger partial charge is 0.494 e. The number of nitrogens with zero attached hydrogens (tertiary/aromatic N) is 3. The van der Waals surface area contributed by atoms with Gasteiger partial charge < -0.3 is 9.47 Å². The molecule has 0 bridgehead atoms. The minimum atomic E-state index is -0.176. The maximum Gasteiger partial charge on any atom is 0.291 e.